The van der Waals surface area contributed by atoms with Gasteiger partial charge in [0.15, 0.2) is 0 Å². The molecule has 3 aromatic rings. The second-order valence-corrected chi connectivity index (χ2v) is 6.22. The van der Waals surface area contributed by atoms with E-state index in [2.05, 4.69) is 15.3 Å². The number of carbonyl (C=O) groups is 1. The van der Waals surface area contributed by atoms with Gasteiger partial charge in [-0.05, 0) is 24.3 Å². The number of pyridine rings is 1. The summed E-state index contributed by atoms with van der Waals surface area (Å²) < 4.78 is 0. The molecular formula is C17H14ClN3OS. The second-order valence-electron chi connectivity index (χ2n) is 4.87. The van der Waals surface area contributed by atoms with Gasteiger partial charge in [-0.1, -0.05) is 29.8 Å². The van der Waals surface area contributed by atoms with Crippen molar-refractivity contribution in [3.63, 3.8) is 0 Å². The van der Waals surface area contributed by atoms with Gasteiger partial charge >= 0.3 is 0 Å². The molecule has 116 valence electrons. The third kappa shape index (κ3) is 4.15. The maximum atomic E-state index is 12.0. The Morgan fingerprint density at radius 2 is 1.96 bits per heavy atom. The average molecular weight is 344 g/mol. The number of hydrogen-bond donors (Lipinski definition) is 1. The molecule has 3 rings (SSSR count). The van der Waals surface area contributed by atoms with Crippen molar-refractivity contribution in [3.8, 4) is 11.4 Å². The van der Waals surface area contributed by atoms with E-state index in [4.69, 9.17) is 11.6 Å². The number of para-hydroxylation sites is 1. The number of carbonyl (C=O) groups excluding carboxylic acids is 1. The summed E-state index contributed by atoms with van der Waals surface area (Å²) in [5, 5.41) is 6.23. The fourth-order valence-electron chi connectivity index (χ4n) is 2.05. The molecule has 0 atom stereocenters. The van der Waals surface area contributed by atoms with E-state index in [9.17, 15) is 4.79 Å². The Hall–Kier alpha value is -2.24. The first kappa shape index (κ1) is 15.6. The molecule has 0 aliphatic carbocycles. The van der Waals surface area contributed by atoms with Crippen molar-refractivity contribution in [1.82, 2.24) is 9.97 Å². The summed E-state index contributed by atoms with van der Waals surface area (Å²) in [6.07, 6.45) is 2.69. The van der Waals surface area contributed by atoms with Crippen LogP contribution in [-0.2, 0) is 11.2 Å². The first-order valence-electron chi connectivity index (χ1n) is 7.12. The number of thiazole rings is 1. The summed E-state index contributed by atoms with van der Waals surface area (Å²) in [6.45, 7) is 0. The van der Waals surface area contributed by atoms with Gasteiger partial charge in [0.05, 0.1) is 27.1 Å². The smallest absolute Gasteiger partial charge is 0.224 e. The summed E-state index contributed by atoms with van der Waals surface area (Å²) in [5.74, 6) is -0.0762. The number of hydrogen-bond acceptors (Lipinski definition) is 4. The van der Waals surface area contributed by atoms with Crippen molar-refractivity contribution < 1.29 is 4.79 Å². The van der Waals surface area contributed by atoms with Crippen LogP contribution in [0.25, 0.3) is 11.4 Å². The molecule has 0 radical (unpaired) electrons. The van der Waals surface area contributed by atoms with Crippen LogP contribution in [0.15, 0.2) is 54.0 Å². The largest absolute Gasteiger partial charge is 0.325 e. The molecule has 4 nitrogen and oxygen atoms in total. The molecule has 0 aliphatic heterocycles. The molecule has 1 amide bonds. The molecule has 0 aliphatic rings. The lowest BCUT2D eigenvalue weighted by molar-refractivity contribution is -0.116. The third-order valence-electron chi connectivity index (χ3n) is 3.19. The summed E-state index contributed by atoms with van der Waals surface area (Å²) in [6, 6.07) is 12.9. The zero-order valence-electron chi connectivity index (χ0n) is 12.2. The first-order chi connectivity index (χ1) is 11.2. The van der Waals surface area contributed by atoms with Crippen molar-refractivity contribution >= 4 is 34.5 Å². The molecule has 0 spiro atoms. The minimum atomic E-state index is -0.0762. The van der Waals surface area contributed by atoms with Crippen molar-refractivity contribution in [1.29, 1.82) is 0 Å². The van der Waals surface area contributed by atoms with E-state index < -0.39 is 0 Å². The molecule has 23 heavy (non-hydrogen) atoms. The quantitative estimate of drug-likeness (QED) is 0.745. The minimum Gasteiger partial charge on any atom is -0.325 e. The van der Waals surface area contributed by atoms with E-state index in [1.54, 1.807) is 18.3 Å². The van der Waals surface area contributed by atoms with Crippen molar-refractivity contribution in [2.45, 2.75) is 12.8 Å². The molecule has 1 aromatic carbocycles. The normalized spacial score (nSPS) is 10.5. The Labute approximate surface area is 143 Å². The summed E-state index contributed by atoms with van der Waals surface area (Å²) in [7, 11) is 0. The zero-order valence-corrected chi connectivity index (χ0v) is 13.8. The number of rotatable bonds is 5. The standard InChI is InChI=1S/C17H14ClN3OS/c18-12-5-1-2-6-13(12)20-16(22)8-9-17-21-15(11-23-17)14-7-3-4-10-19-14/h1-7,10-11H,8-9H2,(H,20,22). The highest BCUT2D eigenvalue weighted by atomic mass is 35.5. The molecule has 0 saturated heterocycles. The predicted octanol–water partition coefficient (Wildman–Crippen LogP) is 4.43. The highest BCUT2D eigenvalue weighted by molar-refractivity contribution is 7.09. The van der Waals surface area contributed by atoms with E-state index >= 15 is 0 Å². The van der Waals surface area contributed by atoms with E-state index in [0.29, 0.717) is 23.6 Å². The monoisotopic (exact) mass is 343 g/mol. The first-order valence-corrected chi connectivity index (χ1v) is 8.38. The number of aromatic nitrogens is 2. The van der Waals surface area contributed by atoms with Gasteiger partial charge in [-0.25, -0.2) is 4.98 Å². The lowest BCUT2D eigenvalue weighted by Crippen LogP contribution is -2.12. The SMILES string of the molecule is O=C(CCc1nc(-c2ccccn2)cs1)Nc1ccccc1Cl. The number of aryl methyl sites for hydroxylation is 1. The van der Waals surface area contributed by atoms with Crippen LogP contribution < -0.4 is 5.32 Å². The van der Waals surface area contributed by atoms with Crippen molar-refractivity contribution in [2.24, 2.45) is 0 Å². The summed E-state index contributed by atoms with van der Waals surface area (Å²) in [5.41, 5.74) is 2.32. The van der Waals surface area contributed by atoms with Crippen LogP contribution in [0.1, 0.15) is 11.4 Å². The van der Waals surface area contributed by atoms with Gasteiger partial charge in [0.1, 0.15) is 0 Å². The van der Waals surface area contributed by atoms with Gasteiger partial charge in [-0.2, -0.15) is 0 Å². The Morgan fingerprint density at radius 1 is 1.13 bits per heavy atom. The molecule has 2 aromatic heterocycles. The number of nitrogens with zero attached hydrogens (tertiary/aromatic N) is 2. The zero-order chi connectivity index (χ0) is 16.1. The molecule has 0 saturated carbocycles. The van der Waals surface area contributed by atoms with E-state index in [0.717, 1.165) is 16.4 Å². The molecule has 0 fully saturated rings. The maximum absolute atomic E-state index is 12.0. The van der Waals surface area contributed by atoms with Gasteiger partial charge in [-0.15, -0.1) is 11.3 Å². The Bertz CT molecular complexity index is 804. The fourth-order valence-corrected chi connectivity index (χ4v) is 3.03. The summed E-state index contributed by atoms with van der Waals surface area (Å²) >= 11 is 7.56. The topological polar surface area (TPSA) is 54.9 Å². The van der Waals surface area contributed by atoms with Gasteiger partial charge in [-0.3, -0.25) is 9.78 Å². The molecule has 1 N–H and O–H groups in total. The van der Waals surface area contributed by atoms with E-state index in [1.165, 1.54) is 11.3 Å². The van der Waals surface area contributed by atoms with Crippen LogP contribution in [0.5, 0.6) is 0 Å². The van der Waals surface area contributed by atoms with Crippen molar-refractivity contribution in [3.05, 3.63) is 64.1 Å². The Balaban J connectivity index is 1.58. The van der Waals surface area contributed by atoms with Crippen LogP contribution in [0, 0.1) is 0 Å². The van der Waals surface area contributed by atoms with Crippen LogP contribution in [0.4, 0.5) is 5.69 Å². The lowest BCUT2D eigenvalue weighted by atomic mass is 10.2. The highest BCUT2D eigenvalue weighted by Gasteiger charge is 2.09. The van der Waals surface area contributed by atoms with Crippen LogP contribution in [0.3, 0.4) is 0 Å². The minimum absolute atomic E-state index is 0.0762. The second kappa shape index (κ2) is 7.35. The molecular weight excluding hydrogens is 330 g/mol. The Kier molecular flexibility index (Phi) is 5.00. The van der Waals surface area contributed by atoms with Gasteiger partial charge in [0.25, 0.3) is 0 Å². The molecule has 0 unspecified atom stereocenters. The van der Waals surface area contributed by atoms with Crippen LogP contribution >= 0.6 is 22.9 Å². The number of amides is 1. The summed E-state index contributed by atoms with van der Waals surface area (Å²) in [4.78, 5) is 20.8. The molecule has 6 heteroatoms. The van der Waals surface area contributed by atoms with Crippen LogP contribution in [0.2, 0.25) is 5.02 Å². The van der Waals surface area contributed by atoms with Crippen molar-refractivity contribution in [2.75, 3.05) is 5.32 Å². The number of anilines is 1. The van der Waals surface area contributed by atoms with E-state index in [-0.39, 0.29) is 5.91 Å². The number of halogens is 1. The Morgan fingerprint density at radius 3 is 2.74 bits per heavy atom. The highest BCUT2D eigenvalue weighted by Crippen LogP contribution is 2.22. The number of nitrogens with one attached hydrogen (secondary N) is 1. The van der Waals surface area contributed by atoms with Gasteiger partial charge < -0.3 is 5.32 Å². The molecule has 0 bridgehead atoms. The lowest BCUT2D eigenvalue weighted by Gasteiger charge is -2.05. The number of benzene rings is 1. The fraction of sp³-hybridized carbons (Fsp3) is 0.118. The molecule has 2 heterocycles. The maximum Gasteiger partial charge on any atom is 0.224 e. The van der Waals surface area contributed by atoms with Gasteiger partial charge in [0, 0.05) is 24.4 Å². The predicted molar refractivity (Wildman–Crippen MR) is 93.7 cm³/mol. The third-order valence-corrected chi connectivity index (χ3v) is 4.43. The van der Waals surface area contributed by atoms with Crippen LogP contribution in [-0.4, -0.2) is 15.9 Å². The van der Waals surface area contributed by atoms with E-state index in [1.807, 2.05) is 35.7 Å². The van der Waals surface area contributed by atoms with Gasteiger partial charge in [0.2, 0.25) is 5.91 Å². The average Bonchev–Trinajstić information content (AvgIpc) is 3.05.